The van der Waals surface area contributed by atoms with Crippen molar-refractivity contribution in [1.82, 2.24) is 0 Å². The number of thiocarbonyl (C=S) groups is 1. The lowest BCUT2D eigenvalue weighted by molar-refractivity contribution is 0.598. The van der Waals surface area contributed by atoms with Crippen molar-refractivity contribution in [1.29, 1.82) is 0 Å². The van der Waals surface area contributed by atoms with Crippen LogP contribution in [-0.2, 0) is 15.6 Å². The van der Waals surface area contributed by atoms with Gasteiger partial charge in [-0.3, -0.25) is 0 Å². The number of rotatable bonds is 5. The van der Waals surface area contributed by atoms with E-state index >= 15 is 0 Å². The number of hydrogen-bond acceptors (Lipinski definition) is 3. The van der Waals surface area contributed by atoms with Crippen LogP contribution in [0, 0.1) is 0 Å². The minimum absolute atomic E-state index is 0.00987. The maximum Gasteiger partial charge on any atom is 0.157 e. The van der Waals surface area contributed by atoms with Crippen LogP contribution >= 0.6 is 12.2 Å². The van der Waals surface area contributed by atoms with Gasteiger partial charge < -0.3 is 5.73 Å². The SMILES string of the molecule is C=CCS(=O)(=O)Cc1ccc(C(N)=S)cc1. The summed E-state index contributed by atoms with van der Waals surface area (Å²) in [4.78, 5) is 0.306. The molecule has 0 saturated carbocycles. The van der Waals surface area contributed by atoms with E-state index in [1.807, 2.05) is 0 Å². The van der Waals surface area contributed by atoms with Crippen molar-refractivity contribution >= 4 is 27.0 Å². The molecule has 0 saturated heterocycles. The minimum Gasteiger partial charge on any atom is -0.389 e. The van der Waals surface area contributed by atoms with Crippen molar-refractivity contribution in [2.45, 2.75) is 5.75 Å². The second-order valence-electron chi connectivity index (χ2n) is 3.40. The average molecular weight is 255 g/mol. The first-order valence-corrected chi connectivity index (χ1v) is 6.87. The fraction of sp³-hybridized carbons (Fsp3) is 0.182. The third kappa shape index (κ3) is 3.75. The Hall–Kier alpha value is -1.20. The standard InChI is InChI=1S/C11H13NO2S2/c1-2-7-16(13,14)8-9-3-5-10(6-4-9)11(12)15/h2-6H,1,7-8H2,(H2,12,15). The van der Waals surface area contributed by atoms with Gasteiger partial charge in [0.2, 0.25) is 0 Å². The van der Waals surface area contributed by atoms with Crippen LogP contribution in [0.25, 0.3) is 0 Å². The van der Waals surface area contributed by atoms with E-state index in [2.05, 4.69) is 6.58 Å². The van der Waals surface area contributed by atoms with Gasteiger partial charge in [0.1, 0.15) is 4.99 Å². The average Bonchev–Trinajstić information content (AvgIpc) is 2.17. The van der Waals surface area contributed by atoms with Crippen LogP contribution in [0.3, 0.4) is 0 Å². The molecule has 0 amide bonds. The molecule has 0 aliphatic rings. The van der Waals surface area contributed by atoms with E-state index in [9.17, 15) is 8.42 Å². The Labute approximate surface area is 101 Å². The summed E-state index contributed by atoms with van der Waals surface area (Å²) in [5, 5.41) is 0. The van der Waals surface area contributed by atoms with E-state index in [1.54, 1.807) is 24.3 Å². The van der Waals surface area contributed by atoms with Crippen LogP contribution in [0.5, 0.6) is 0 Å². The molecule has 0 unspecified atom stereocenters. The van der Waals surface area contributed by atoms with E-state index in [1.165, 1.54) is 6.08 Å². The normalized spacial score (nSPS) is 11.0. The molecule has 0 aliphatic heterocycles. The molecule has 16 heavy (non-hydrogen) atoms. The molecule has 1 rings (SSSR count). The lowest BCUT2D eigenvalue weighted by atomic mass is 10.1. The van der Waals surface area contributed by atoms with Gasteiger partial charge >= 0.3 is 0 Å². The molecule has 0 heterocycles. The molecular weight excluding hydrogens is 242 g/mol. The van der Waals surface area contributed by atoms with Gasteiger partial charge in [-0.15, -0.1) is 6.58 Å². The van der Waals surface area contributed by atoms with Crippen molar-refractivity contribution in [2.24, 2.45) is 5.73 Å². The summed E-state index contributed by atoms with van der Waals surface area (Å²) in [7, 11) is -3.10. The van der Waals surface area contributed by atoms with Crippen LogP contribution < -0.4 is 5.73 Å². The Kier molecular flexibility index (Phi) is 4.20. The lowest BCUT2D eigenvalue weighted by Crippen LogP contribution is -2.10. The summed E-state index contributed by atoms with van der Waals surface area (Å²) >= 11 is 4.80. The van der Waals surface area contributed by atoms with E-state index in [0.717, 1.165) is 11.1 Å². The van der Waals surface area contributed by atoms with E-state index in [0.29, 0.717) is 4.99 Å². The number of benzene rings is 1. The fourth-order valence-electron chi connectivity index (χ4n) is 1.26. The summed E-state index contributed by atoms with van der Waals surface area (Å²) in [5.41, 5.74) is 6.90. The second kappa shape index (κ2) is 5.23. The largest absolute Gasteiger partial charge is 0.389 e. The Balaban J connectivity index is 2.84. The molecule has 0 fully saturated rings. The Morgan fingerprint density at radius 3 is 2.38 bits per heavy atom. The van der Waals surface area contributed by atoms with Gasteiger partial charge in [0.25, 0.3) is 0 Å². The van der Waals surface area contributed by atoms with Gasteiger partial charge in [0.05, 0.1) is 11.5 Å². The number of hydrogen-bond donors (Lipinski definition) is 1. The van der Waals surface area contributed by atoms with Crippen molar-refractivity contribution in [3.05, 3.63) is 48.0 Å². The van der Waals surface area contributed by atoms with Crippen molar-refractivity contribution in [3.63, 3.8) is 0 Å². The maximum atomic E-state index is 11.5. The molecule has 0 bridgehead atoms. The molecule has 0 spiro atoms. The summed E-state index contributed by atoms with van der Waals surface area (Å²) in [6, 6.07) is 6.88. The lowest BCUT2D eigenvalue weighted by Gasteiger charge is -2.03. The highest BCUT2D eigenvalue weighted by atomic mass is 32.2. The summed E-state index contributed by atoms with van der Waals surface area (Å²) in [6.07, 6.45) is 1.39. The molecule has 3 nitrogen and oxygen atoms in total. The highest BCUT2D eigenvalue weighted by molar-refractivity contribution is 7.90. The summed E-state index contributed by atoms with van der Waals surface area (Å²) < 4.78 is 23.0. The van der Waals surface area contributed by atoms with Crippen LogP contribution in [0.2, 0.25) is 0 Å². The van der Waals surface area contributed by atoms with Crippen LogP contribution in [-0.4, -0.2) is 19.2 Å². The first-order valence-electron chi connectivity index (χ1n) is 4.64. The van der Waals surface area contributed by atoms with Gasteiger partial charge in [0, 0.05) is 5.56 Å². The monoisotopic (exact) mass is 255 g/mol. The van der Waals surface area contributed by atoms with Crippen LogP contribution in [0.4, 0.5) is 0 Å². The molecule has 0 radical (unpaired) electrons. The first kappa shape index (κ1) is 12.9. The van der Waals surface area contributed by atoms with Gasteiger partial charge in [-0.2, -0.15) is 0 Å². The van der Waals surface area contributed by atoms with Crippen molar-refractivity contribution in [3.8, 4) is 0 Å². The van der Waals surface area contributed by atoms with Crippen molar-refractivity contribution in [2.75, 3.05) is 5.75 Å². The van der Waals surface area contributed by atoms with E-state index in [-0.39, 0.29) is 11.5 Å². The molecular formula is C11H13NO2S2. The quantitative estimate of drug-likeness (QED) is 0.638. The van der Waals surface area contributed by atoms with Gasteiger partial charge in [0.15, 0.2) is 9.84 Å². The summed E-state index contributed by atoms with van der Waals surface area (Å²) in [5.74, 6) is 0.000680. The van der Waals surface area contributed by atoms with E-state index in [4.69, 9.17) is 18.0 Å². The minimum atomic E-state index is -3.10. The van der Waals surface area contributed by atoms with E-state index < -0.39 is 9.84 Å². The Morgan fingerprint density at radius 1 is 1.38 bits per heavy atom. The highest BCUT2D eigenvalue weighted by Crippen LogP contribution is 2.09. The van der Waals surface area contributed by atoms with Crippen molar-refractivity contribution < 1.29 is 8.42 Å². The summed E-state index contributed by atoms with van der Waals surface area (Å²) in [6.45, 7) is 3.41. The molecule has 0 aliphatic carbocycles. The molecule has 5 heteroatoms. The third-order valence-electron chi connectivity index (χ3n) is 2.00. The fourth-order valence-corrected chi connectivity index (χ4v) is 2.57. The van der Waals surface area contributed by atoms with Gasteiger partial charge in [-0.05, 0) is 5.56 Å². The smallest absolute Gasteiger partial charge is 0.157 e. The predicted octanol–water partition coefficient (Wildman–Crippen LogP) is 1.42. The third-order valence-corrected chi connectivity index (χ3v) is 3.75. The maximum absolute atomic E-state index is 11.5. The Morgan fingerprint density at radius 2 is 1.94 bits per heavy atom. The molecule has 1 aromatic carbocycles. The zero-order valence-corrected chi connectivity index (χ0v) is 10.4. The number of nitrogens with two attached hydrogens (primary N) is 1. The zero-order chi connectivity index (χ0) is 12.2. The topological polar surface area (TPSA) is 60.2 Å². The molecule has 1 aromatic rings. The van der Waals surface area contributed by atoms with Crippen LogP contribution in [0.15, 0.2) is 36.9 Å². The molecule has 86 valence electrons. The first-order chi connectivity index (χ1) is 7.44. The highest BCUT2D eigenvalue weighted by Gasteiger charge is 2.09. The van der Waals surface area contributed by atoms with Gasteiger partial charge in [-0.25, -0.2) is 8.42 Å². The predicted molar refractivity (Wildman–Crippen MR) is 70.0 cm³/mol. The zero-order valence-electron chi connectivity index (χ0n) is 8.72. The second-order valence-corrected chi connectivity index (χ2v) is 5.95. The Bertz CT molecular complexity index is 489. The number of sulfone groups is 1. The van der Waals surface area contributed by atoms with Crippen LogP contribution in [0.1, 0.15) is 11.1 Å². The molecule has 0 aromatic heterocycles. The van der Waals surface area contributed by atoms with Gasteiger partial charge in [-0.1, -0.05) is 42.6 Å². The molecule has 0 atom stereocenters. The molecule has 2 N–H and O–H groups in total.